The van der Waals surface area contributed by atoms with Crippen molar-refractivity contribution in [3.63, 3.8) is 0 Å². The third kappa shape index (κ3) is 4.91. The minimum atomic E-state index is -0.236. The summed E-state index contributed by atoms with van der Waals surface area (Å²) in [7, 11) is 3.12. The Morgan fingerprint density at radius 2 is 1.71 bits per heavy atom. The van der Waals surface area contributed by atoms with Crippen LogP contribution in [-0.4, -0.2) is 26.7 Å². The van der Waals surface area contributed by atoms with Gasteiger partial charge in [-0.05, 0) is 36.2 Å². The number of carbonyl (C=O) groups is 1. The van der Waals surface area contributed by atoms with Gasteiger partial charge < -0.3 is 19.5 Å². The fourth-order valence-electron chi connectivity index (χ4n) is 2.30. The fourth-order valence-corrected chi connectivity index (χ4v) is 2.30. The molecule has 0 aliphatic heterocycles. The monoisotopic (exact) mass is 329 g/mol. The maximum absolute atomic E-state index is 12.0. The summed E-state index contributed by atoms with van der Waals surface area (Å²) in [6.07, 6.45) is 2.15. The first-order chi connectivity index (χ1) is 11.7. The van der Waals surface area contributed by atoms with Gasteiger partial charge in [0.1, 0.15) is 5.75 Å². The average Bonchev–Trinajstić information content (AvgIpc) is 2.61. The molecule has 0 aliphatic rings. The third-order valence-corrected chi connectivity index (χ3v) is 3.50. The van der Waals surface area contributed by atoms with Crippen LogP contribution in [0, 0.1) is 0 Å². The van der Waals surface area contributed by atoms with Crippen LogP contribution < -0.4 is 19.5 Å². The SMILES string of the molecule is CCCc1ccc(OCC(=O)Nc2ccc(OC)c(OC)c2)cc1. The van der Waals surface area contributed by atoms with Crippen molar-refractivity contribution in [3.8, 4) is 17.2 Å². The molecule has 0 bridgehead atoms. The van der Waals surface area contributed by atoms with Crippen LogP contribution >= 0.6 is 0 Å². The minimum absolute atomic E-state index is 0.0541. The summed E-state index contributed by atoms with van der Waals surface area (Å²) in [5, 5.41) is 2.77. The summed E-state index contributed by atoms with van der Waals surface area (Å²) in [6, 6.07) is 13.0. The highest BCUT2D eigenvalue weighted by Crippen LogP contribution is 2.29. The number of ether oxygens (including phenoxy) is 3. The zero-order chi connectivity index (χ0) is 17.4. The van der Waals surface area contributed by atoms with Crippen LogP contribution in [0.5, 0.6) is 17.2 Å². The molecule has 1 N–H and O–H groups in total. The summed E-state index contributed by atoms with van der Waals surface area (Å²) in [5.41, 5.74) is 1.89. The normalized spacial score (nSPS) is 10.1. The van der Waals surface area contributed by atoms with E-state index in [-0.39, 0.29) is 12.5 Å². The Balaban J connectivity index is 1.89. The molecular weight excluding hydrogens is 306 g/mol. The molecule has 2 rings (SSSR count). The molecule has 0 saturated heterocycles. The van der Waals surface area contributed by atoms with Crippen molar-refractivity contribution in [1.82, 2.24) is 0 Å². The van der Waals surface area contributed by atoms with E-state index in [1.165, 1.54) is 5.56 Å². The predicted molar refractivity (Wildman–Crippen MR) is 94.1 cm³/mol. The standard InChI is InChI=1S/C19H23NO4/c1-4-5-14-6-9-16(10-7-14)24-13-19(21)20-15-8-11-17(22-2)18(12-15)23-3/h6-12H,4-5,13H2,1-3H3,(H,20,21). The molecule has 128 valence electrons. The zero-order valence-electron chi connectivity index (χ0n) is 14.3. The minimum Gasteiger partial charge on any atom is -0.493 e. The van der Waals surface area contributed by atoms with E-state index in [2.05, 4.69) is 12.2 Å². The average molecular weight is 329 g/mol. The van der Waals surface area contributed by atoms with E-state index in [1.54, 1.807) is 32.4 Å². The van der Waals surface area contributed by atoms with Crippen molar-refractivity contribution in [2.24, 2.45) is 0 Å². The second-order valence-electron chi connectivity index (χ2n) is 5.30. The van der Waals surface area contributed by atoms with Gasteiger partial charge in [-0.15, -0.1) is 0 Å². The maximum Gasteiger partial charge on any atom is 0.262 e. The van der Waals surface area contributed by atoms with Crippen molar-refractivity contribution in [2.75, 3.05) is 26.1 Å². The summed E-state index contributed by atoms with van der Waals surface area (Å²) in [5.74, 6) is 1.61. The van der Waals surface area contributed by atoms with Crippen LogP contribution in [0.4, 0.5) is 5.69 Å². The Morgan fingerprint density at radius 3 is 2.33 bits per heavy atom. The van der Waals surface area contributed by atoms with Gasteiger partial charge in [0, 0.05) is 11.8 Å². The van der Waals surface area contributed by atoms with E-state index < -0.39 is 0 Å². The molecule has 0 saturated carbocycles. The summed E-state index contributed by atoms with van der Waals surface area (Å²) < 4.78 is 15.9. The van der Waals surface area contributed by atoms with E-state index >= 15 is 0 Å². The molecule has 0 aromatic heterocycles. The number of hydrogen-bond donors (Lipinski definition) is 1. The molecular formula is C19H23NO4. The zero-order valence-corrected chi connectivity index (χ0v) is 14.3. The first-order valence-corrected chi connectivity index (χ1v) is 7.90. The van der Waals surface area contributed by atoms with Gasteiger partial charge in [0.15, 0.2) is 18.1 Å². The molecule has 0 spiro atoms. The third-order valence-electron chi connectivity index (χ3n) is 3.50. The van der Waals surface area contributed by atoms with Gasteiger partial charge in [-0.3, -0.25) is 4.79 Å². The molecule has 0 unspecified atom stereocenters. The topological polar surface area (TPSA) is 56.8 Å². The van der Waals surface area contributed by atoms with Gasteiger partial charge >= 0.3 is 0 Å². The van der Waals surface area contributed by atoms with E-state index in [0.717, 1.165) is 12.8 Å². The molecule has 0 radical (unpaired) electrons. The highest BCUT2D eigenvalue weighted by atomic mass is 16.5. The largest absolute Gasteiger partial charge is 0.493 e. The van der Waals surface area contributed by atoms with Crippen molar-refractivity contribution < 1.29 is 19.0 Å². The second-order valence-corrected chi connectivity index (χ2v) is 5.30. The fraction of sp³-hybridized carbons (Fsp3) is 0.316. The lowest BCUT2D eigenvalue weighted by Crippen LogP contribution is -2.20. The van der Waals surface area contributed by atoms with Crippen molar-refractivity contribution in [3.05, 3.63) is 48.0 Å². The van der Waals surface area contributed by atoms with E-state index in [9.17, 15) is 4.79 Å². The van der Waals surface area contributed by atoms with Crippen molar-refractivity contribution in [2.45, 2.75) is 19.8 Å². The molecule has 0 aliphatic carbocycles. The summed E-state index contributed by atoms with van der Waals surface area (Å²) >= 11 is 0. The Kier molecular flexibility index (Phi) is 6.49. The Morgan fingerprint density at radius 1 is 1.00 bits per heavy atom. The number of benzene rings is 2. The van der Waals surface area contributed by atoms with Crippen molar-refractivity contribution >= 4 is 11.6 Å². The number of amides is 1. The molecule has 0 atom stereocenters. The number of hydrogen-bond acceptors (Lipinski definition) is 4. The van der Waals surface area contributed by atoms with Gasteiger partial charge in [-0.1, -0.05) is 25.5 Å². The molecule has 0 heterocycles. The van der Waals surface area contributed by atoms with Gasteiger partial charge in [0.25, 0.3) is 5.91 Å². The Bertz CT molecular complexity index is 668. The molecule has 5 heteroatoms. The van der Waals surface area contributed by atoms with Crippen LogP contribution in [0.15, 0.2) is 42.5 Å². The Labute approximate surface area is 142 Å². The number of aryl methyl sites for hydroxylation is 1. The summed E-state index contributed by atoms with van der Waals surface area (Å²) in [6.45, 7) is 2.09. The smallest absolute Gasteiger partial charge is 0.262 e. The van der Waals surface area contributed by atoms with Gasteiger partial charge in [-0.25, -0.2) is 0 Å². The van der Waals surface area contributed by atoms with Gasteiger partial charge in [0.05, 0.1) is 14.2 Å². The highest BCUT2D eigenvalue weighted by Gasteiger charge is 2.08. The number of rotatable bonds is 8. The summed E-state index contributed by atoms with van der Waals surface area (Å²) in [4.78, 5) is 12.0. The van der Waals surface area contributed by atoms with E-state index in [1.807, 2.05) is 24.3 Å². The van der Waals surface area contributed by atoms with Crippen LogP contribution in [-0.2, 0) is 11.2 Å². The Hall–Kier alpha value is -2.69. The van der Waals surface area contributed by atoms with Crippen LogP contribution in [0.25, 0.3) is 0 Å². The van der Waals surface area contributed by atoms with Crippen LogP contribution in [0.2, 0.25) is 0 Å². The van der Waals surface area contributed by atoms with Gasteiger partial charge in [0.2, 0.25) is 0 Å². The first kappa shape index (κ1) is 17.7. The molecule has 2 aromatic carbocycles. The molecule has 24 heavy (non-hydrogen) atoms. The van der Waals surface area contributed by atoms with Crippen molar-refractivity contribution in [1.29, 1.82) is 0 Å². The van der Waals surface area contributed by atoms with E-state index in [0.29, 0.717) is 22.9 Å². The number of methoxy groups -OCH3 is 2. The molecule has 1 amide bonds. The first-order valence-electron chi connectivity index (χ1n) is 7.90. The molecule has 2 aromatic rings. The lowest BCUT2D eigenvalue weighted by molar-refractivity contribution is -0.118. The predicted octanol–water partition coefficient (Wildman–Crippen LogP) is 3.67. The van der Waals surface area contributed by atoms with Crippen LogP contribution in [0.1, 0.15) is 18.9 Å². The lowest BCUT2D eigenvalue weighted by atomic mass is 10.1. The maximum atomic E-state index is 12.0. The highest BCUT2D eigenvalue weighted by molar-refractivity contribution is 5.92. The van der Waals surface area contributed by atoms with Gasteiger partial charge in [-0.2, -0.15) is 0 Å². The molecule has 0 fully saturated rings. The second kappa shape index (κ2) is 8.82. The van der Waals surface area contributed by atoms with Crippen LogP contribution in [0.3, 0.4) is 0 Å². The number of carbonyl (C=O) groups excluding carboxylic acids is 1. The lowest BCUT2D eigenvalue weighted by Gasteiger charge is -2.11. The molecule has 5 nitrogen and oxygen atoms in total. The number of nitrogens with one attached hydrogen (secondary N) is 1. The number of anilines is 1. The quantitative estimate of drug-likeness (QED) is 0.803. The van der Waals surface area contributed by atoms with E-state index in [4.69, 9.17) is 14.2 Å².